The molecule has 2 atom stereocenters. The van der Waals surface area contributed by atoms with Gasteiger partial charge >= 0.3 is 0 Å². The van der Waals surface area contributed by atoms with Gasteiger partial charge in [-0.25, -0.2) is 4.68 Å². The average molecular weight is 424 g/mol. The van der Waals surface area contributed by atoms with Crippen LogP contribution in [0.1, 0.15) is 61.4 Å². The van der Waals surface area contributed by atoms with Crippen LogP contribution in [0.3, 0.4) is 0 Å². The number of aryl methyl sites for hydroxylation is 3. The van der Waals surface area contributed by atoms with Crippen LogP contribution in [0.25, 0.3) is 0 Å². The van der Waals surface area contributed by atoms with Crippen molar-refractivity contribution in [1.82, 2.24) is 14.7 Å². The van der Waals surface area contributed by atoms with Crippen LogP contribution in [0.2, 0.25) is 0 Å². The molecule has 2 saturated heterocycles. The van der Waals surface area contributed by atoms with Crippen LogP contribution >= 0.6 is 0 Å². The summed E-state index contributed by atoms with van der Waals surface area (Å²) in [5.74, 6) is 1.03. The van der Waals surface area contributed by atoms with Crippen molar-refractivity contribution in [3.05, 3.63) is 57.0 Å². The second kappa shape index (κ2) is 8.06. The third kappa shape index (κ3) is 4.03. The van der Waals surface area contributed by atoms with E-state index in [4.69, 9.17) is 4.74 Å². The van der Waals surface area contributed by atoms with Crippen molar-refractivity contribution in [1.29, 1.82) is 0 Å². The summed E-state index contributed by atoms with van der Waals surface area (Å²) in [4.78, 5) is 14.8. The molecular formula is C25H33N3O3. The van der Waals surface area contributed by atoms with Gasteiger partial charge in [-0.3, -0.25) is 9.69 Å². The first kappa shape index (κ1) is 20.7. The Hall–Kier alpha value is -2.18. The number of hydrogen-bond donors (Lipinski definition) is 1. The van der Waals surface area contributed by atoms with Gasteiger partial charge in [0.2, 0.25) is 0 Å². The summed E-state index contributed by atoms with van der Waals surface area (Å²) in [5, 5.41) is 15.8. The molecule has 6 heteroatoms. The molecule has 31 heavy (non-hydrogen) atoms. The van der Waals surface area contributed by atoms with Crippen molar-refractivity contribution in [3.8, 4) is 5.75 Å². The van der Waals surface area contributed by atoms with Gasteiger partial charge < -0.3 is 9.84 Å². The van der Waals surface area contributed by atoms with Gasteiger partial charge in [0, 0.05) is 30.3 Å². The largest absolute Gasteiger partial charge is 0.494 e. The predicted octanol–water partition coefficient (Wildman–Crippen LogP) is 3.00. The fraction of sp³-hybridized carbons (Fsp3) is 0.600. The Morgan fingerprint density at radius 2 is 1.87 bits per heavy atom. The second-order valence-electron chi connectivity index (χ2n) is 9.68. The van der Waals surface area contributed by atoms with E-state index in [1.54, 1.807) is 12.1 Å². The lowest BCUT2D eigenvalue weighted by atomic mass is 9.85. The normalized spacial score (nSPS) is 27.5. The quantitative estimate of drug-likeness (QED) is 0.774. The number of aliphatic hydroxyl groups is 1. The Balaban J connectivity index is 1.35. The molecule has 2 aliphatic heterocycles. The molecule has 2 bridgehead atoms. The summed E-state index contributed by atoms with van der Waals surface area (Å²) in [7, 11) is 0. The van der Waals surface area contributed by atoms with Crippen LogP contribution in [0, 0.1) is 6.92 Å². The topological polar surface area (TPSA) is 67.6 Å². The highest BCUT2D eigenvalue weighted by molar-refractivity contribution is 5.45. The molecule has 166 valence electrons. The molecule has 6 nitrogen and oxygen atoms in total. The van der Waals surface area contributed by atoms with Gasteiger partial charge in [0.05, 0.1) is 24.4 Å². The van der Waals surface area contributed by atoms with E-state index in [1.807, 2.05) is 13.8 Å². The van der Waals surface area contributed by atoms with Crippen molar-refractivity contribution in [2.75, 3.05) is 6.61 Å². The zero-order chi connectivity index (χ0) is 21.6. The van der Waals surface area contributed by atoms with Crippen molar-refractivity contribution in [2.45, 2.75) is 89.6 Å². The molecular weight excluding hydrogens is 390 g/mol. The van der Waals surface area contributed by atoms with Gasteiger partial charge in [-0.2, -0.15) is 5.10 Å². The summed E-state index contributed by atoms with van der Waals surface area (Å²) < 4.78 is 7.46. The summed E-state index contributed by atoms with van der Waals surface area (Å²) in [6.45, 7) is 5.74. The third-order valence-electron chi connectivity index (χ3n) is 7.37. The maximum Gasteiger partial charge on any atom is 0.266 e. The Morgan fingerprint density at radius 1 is 1.16 bits per heavy atom. The maximum atomic E-state index is 12.2. The number of piperidine rings is 1. The minimum atomic E-state index is -0.881. The zero-order valence-corrected chi connectivity index (χ0v) is 18.6. The molecule has 1 aromatic carbocycles. The molecule has 3 heterocycles. The van der Waals surface area contributed by atoms with E-state index in [9.17, 15) is 9.90 Å². The monoisotopic (exact) mass is 423 g/mol. The number of ether oxygens (including phenoxy) is 1. The van der Waals surface area contributed by atoms with Crippen LogP contribution in [-0.4, -0.2) is 44.1 Å². The fourth-order valence-corrected chi connectivity index (χ4v) is 6.01. The van der Waals surface area contributed by atoms with E-state index in [-0.39, 0.29) is 12.1 Å². The molecule has 2 aromatic rings. The molecule has 2 fully saturated rings. The van der Waals surface area contributed by atoms with E-state index in [0.29, 0.717) is 31.5 Å². The van der Waals surface area contributed by atoms with Crippen molar-refractivity contribution in [2.24, 2.45) is 0 Å². The lowest BCUT2D eigenvalue weighted by Gasteiger charge is -2.44. The first-order chi connectivity index (χ1) is 14.9. The van der Waals surface area contributed by atoms with Gasteiger partial charge in [-0.1, -0.05) is 6.07 Å². The molecule has 0 radical (unpaired) electrons. The molecule has 2 unspecified atom stereocenters. The second-order valence-corrected chi connectivity index (χ2v) is 9.68. The van der Waals surface area contributed by atoms with Crippen LogP contribution < -0.4 is 10.3 Å². The number of nitrogens with zero attached hydrogens (tertiary/aromatic N) is 3. The summed E-state index contributed by atoms with van der Waals surface area (Å²) in [6.07, 6.45) is 7.11. The molecule has 0 spiro atoms. The average Bonchev–Trinajstić information content (AvgIpc) is 3.27. The Kier molecular flexibility index (Phi) is 5.39. The zero-order valence-electron chi connectivity index (χ0n) is 18.6. The molecule has 5 rings (SSSR count). The smallest absolute Gasteiger partial charge is 0.266 e. The van der Waals surface area contributed by atoms with E-state index in [1.165, 1.54) is 34.2 Å². The first-order valence-electron chi connectivity index (χ1n) is 11.7. The minimum Gasteiger partial charge on any atom is -0.494 e. The molecule has 1 aromatic heterocycles. The van der Waals surface area contributed by atoms with Crippen LogP contribution in [0.15, 0.2) is 29.1 Å². The minimum absolute atomic E-state index is 0.145. The molecule has 3 aliphatic rings. The Bertz CT molecular complexity index is 1020. The number of fused-ring (bicyclic) bond motifs is 3. The van der Waals surface area contributed by atoms with E-state index >= 15 is 0 Å². The summed E-state index contributed by atoms with van der Waals surface area (Å²) >= 11 is 0. The SMILES string of the molecule is CCOc1cc2c(cc1CN1C3CCC1CC(O)(Cn1nc(C)ccc1=O)C3)CCC2. The van der Waals surface area contributed by atoms with E-state index in [2.05, 4.69) is 22.1 Å². The molecule has 1 N–H and O–H groups in total. The van der Waals surface area contributed by atoms with Gasteiger partial charge in [-0.05, 0) is 82.1 Å². The lowest BCUT2D eigenvalue weighted by Crippen LogP contribution is -2.53. The Labute approximate surface area is 183 Å². The molecule has 0 saturated carbocycles. The summed E-state index contributed by atoms with van der Waals surface area (Å²) in [5.41, 5.74) is 3.97. The van der Waals surface area contributed by atoms with Crippen molar-refractivity contribution in [3.63, 3.8) is 0 Å². The lowest BCUT2D eigenvalue weighted by molar-refractivity contribution is -0.0679. The molecule has 0 amide bonds. The summed E-state index contributed by atoms with van der Waals surface area (Å²) in [6, 6.07) is 8.54. The highest BCUT2D eigenvalue weighted by Gasteiger charge is 2.48. The fourth-order valence-electron chi connectivity index (χ4n) is 6.01. The first-order valence-corrected chi connectivity index (χ1v) is 11.7. The van der Waals surface area contributed by atoms with Gasteiger partial charge in [0.15, 0.2) is 0 Å². The number of aromatic nitrogens is 2. The van der Waals surface area contributed by atoms with E-state index in [0.717, 1.165) is 37.3 Å². The van der Waals surface area contributed by atoms with Gasteiger partial charge in [0.25, 0.3) is 5.56 Å². The highest BCUT2D eigenvalue weighted by atomic mass is 16.5. The van der Waals surface area contributed by atoms with Crippen molar-refractivity contribution < 1.29 is 9.84 Å². The number of benzene rings is 1. The number of rotatable bonds is 6. The van der Waals surface area contributed by atoms with E-state index < -0.39 is 5.60 Å². The molecule has 1 aliphatic carbocycles. The van der Waals surface area contributed by atoms with Gasteiger partial charge in [0.1, 0.15) is 5.75 Å². The van der Waals surface area contributed by atoms with Crippen LogP contribution in [-0.2, 0) is 25.9 Å². The predicted molar refractivity (Wildman–Crippen MR) is 119 cm³/mol. The van der Waals surface area contributed by atoms with Crippen LogP contribution in [0.5, 0.6) is 5.75 Å². The van der Waals surface area contributed by atoms with Crippen LogP contribution in [0.4, 0.5) is 0 Å². The third-order valence-corrected chi connectivity index (χ3v) is 7.37. The highest BCUT2D eigenvalue weighted by Crippen LogP contribution is 2.43. The maximum absolute atomic E-state index is 12.2. The van der Waals surface area contributed by atoms with Gasteiger partial charge in [-0.15, -0.1) is 0 Å². The standard InChI is InChI=1S/C25H33N3O3/c1-3-31-23-12-19-6-4-5-18(19)11-20(23)15-27-21-8-9-22(27)14-25(30,13-21)16-28-24(29)10-7-17(2)26-28/h7,10-12,21-22,30H,3-6,8-9,13-16H2,1-2H3. The Morgan fingerprint density at radius 3 is 2.58 bits per heavy atom. The van der Waals surface area contributed by atoms with Crippen molar-refractivity contribution >= 4 is 0 Å². The number of hydrogen-bond acceptors (Lipinski definition) is 5.